The van der Waals surface area contributed by atoms with Crippen LogP contribution >= 0.6 is 0 Å². The SMILES string of the molecule is CC(NCc1ccon1)c1cccc(O)c1. The van der Waals surface area contributed by atoms with Crippen LogP contribution in [0.25, 0.3) is 0 Å². The third-order valence-corrected chi connectivity index (χ3v) is 2.45. The summed E-state index contributed by atoms with van der Waals surface area (Å²) in [5.74, 6) is 0.285. The molecule has 0 radical (unpaired) electrons. The first-order chi connectivity index (χ1) is 7.75. The molecule has 1 aromatic heterocycles. The van der Waals surface area contributed by atoms with E-state index in [0.717, 1.165) is 11.3 Å². The van der Waals surface area contributed by atoms with E-state index in [2.05, 4.69) is 10.5 Å². The minimum atomic E-state index is 0.156. The molecular weight excluding hydrogens is 204 g/mol. The number of rotatable bonds is 4. The molecule has 0 aliphatic heterocycles. The molecule has 0 fully saturated rings. The Morgan fingerprint density at radius 3 is 3.00 bits per heavy atom. The average Bonchev–Trinajstić information content (AvgIpc) is 2.78. The highest BCUT2D eigenvalue weighted by molar-refractivity contribution is 5.29. The molecule has 84 valence electrons. The minimum Gasteiger partial charge on any atom is -0.508 e. The predicted octanol–water partition coefficient (Wildman–Crippen LogP) is 2.23. The molecule has 1 heterocycles. The van der Waals surface area contributed by atoms with E-state index in [9.17, 15) is 5.11 Å². The molecule has 2 rings (SSSR count). The second kappa shape index (κ2) is 4.81. The van der Waals surface area contributed by atoms with Gasteiger partial charge in [-0.25, -0.2) is 0 Å². The number of nitrogens with one attached hydrogen (secondary N) is 1. The summed E-state index contributed by atoms with van der Waals surface area (Å²) in [5.41, 5.74) is 1.91. The van der Waals surface area contributed by atoms with Gasteiger partial charge in [-0.05, 0) is 24.6 Å². The third kappa shape index (κ3) is 2.61. The maximum absolute atomic E-state index is 9.36. The van der Waals surface area contributed by atoms with Crippen LogP contribution in [0.4, 0.5) is 0 Å². The molecule has 0 aliphatic rings. The number of phenolic OH excluding ortho intramolecular Hbond substituents is 1. The zero-order chi connectivity index (χ0) is 11.4. The van der Waals surface area contributed by atoms with E-state index in [4.69, 9.17) is 4.52 Å². The van der Waals surface area contributed by atoms with Gasteiger partial charge in [0.25, 0.3) is 0 Å². The van der Waals surface area contributed by atoms with Gasteiger partial charge in [-0.2, -0.15) is 0 Å². The van der Waals surface area contributed by atoms with Crippen molar-refractivity contribution in [2.24, 2.45) is 0 Å². The maximum Gasteiger partial charge on any atom is 0.124 e. The summed E-state index contributed by atoms with van der Waals surface area (Å²) in [4.78, 5) is 0. The van der Waals surface area contributed by atoms with Crippen LogP contribution in [0.3, 0.4) is 0 Å². The van der Waals surface area contributed by atoms with Gasteiger partial charge >= 0.3 is 0 Å². The zero-order valence-electron chi connectivity index (χ0n) is 9.05. The zero-order valence-corrected chi connectivity index (χ0v) is 9.05. The lowest BCUT2D eigenvalue weighted by atomic mass is 10.1. The number of hydrogen-bond acceptors (Lipinski definition) is 4. The summed E-state index contributed by atoms with van der Waals surface area (Å²) in [6.07, 6.45) is 1.55. The van der Waals surface area contributed by atoms with Crippen molar-refractivity contribution in [3.63, 3.8) is 0 Å². The Morgan fingerprint density at radius 1 is 1.44 bits per heavy atom. The van der Waals surface area contributed by atoms with Crippen molar-refractivity contribution < 1.29 is 9.63 Å². The summed E-state index contributed by atoms with van der Waals surface area (Å²) in [5, 5.41) is 16.5. The van der Waals surface area contributed by atoms with Crippen molar-refractivity contribution in [3.05, 3.63) is 47.9 Å². The standard InChI is InChI=1S/C12H14N2O2/c1-9(10-3-2-4-12(15)7-10)13-8-11-5-6-16-14-11/h2-7,9,13,15H,8H2,1H3. The van der Waals surface area contributed by atoms with Gasteiger partial charge in [-0.3, -0.25) is 0 Å². The molecule has 2 N–H and O–H groups in total. The molecule has 0 saturated carbocycles. The van der Waals surface area contributed by atoms with Crippen molar-refractivity contribution in [1.82, 2.24) is 10.5 Å². The largest absolute Gasteiger partial charge is 0.508 e. The van der Waals surface area contributed by atoms with Gasteiger partial charge in [-0.15, -0.1) is 0 Å². The number of aromatic nitrogens is 1. The van der Waals surface area contributed by atoms with Crippen LogP contribution in [0.2, 0.25) is 0 Å². The smallest absolute Gasteiger partial charge is 0.124 e. The van der Waals surface area contributed by atoms with Gasteiger partial charge in [-0.1, -0.05) is 17.3 Å². The van der Waals surface area contributed by atoms with Gasteiger partial charge in [0.05, 0.1) is 5.69 Å². The number of nitrogens with zero attached hydrogens (tertiary/aromatic N) is 1. The summed E-state index contributed by atoms with van der Waals surface area (Å²) < 4.78 is 4.74. The normalized spacial score (nSPS) is 12.6. The fourth-order valence-electron chi connectivity index (χ4n) is 1.50. The van der Waals surface area contributed by atoms with Gasteiger partial charge in [0.1, 0.15) is 12.0 Å². The fraction of sp³-hybridized carbons (Fsp3) is 0.250. The van der Waals surface area contributed by atoms with Crippen molar-refractivity contribution in [3.8, 4) is 5.75 Å². The number of aromatic hydroxyl groups is 1. The van der Waals surface area contributed by atoms with E-state index in [1.54, 1.807) is 18.4 Å². The molecule has 0 saturated heterocycles. The highest BCUT2D eigenvalue weighted by Crippen LogP contribution is 2.17. The lowest BCUT2D eigenvalue weighted by molar-refractivity contribution is 0.406. The number of benzene rings is 1. The Labute approximate surface area is 93.9 Å². The molecule has 1 atom stereocenters. The summed E-state index contributed by atoms with van der Waals surface area (Å²) in [6, 6.07) is 9.19. The first-order valence-corrected chi connectivity index (χ1v) is 5.17. The molecule has 1 aromatic carbocycles. The highest BCUT2D eigenvalue weighted by Gasteiger charge is 2.06. The Bertz CT molecular complexity index is 440. The second-order valence-electron chi connectivity index (χ2n) is 3.69. The molecule has 0 amide bonds. The van der Waals surface area contributed by atoms with Crippen LogP contribution in [-0.4, -0.2) is 10.3 Å². The van der Waals surface area contributed by atoms with Gasteiger partial charge < -0.3 is 14.9 Å². The maximum atomic E-state index is 9.36. The molecule has 1 unspecified atom stereocenters. The molecule has 2 aromatic rings. The van der Waals surface area contributed by atoms with Crippen LogP contribution in [-0.2, 0) is 6.54 Å². The molecule has 16 heavy (non-hydrogen) atoms. The lowest BCUT2D eigenvalue weighted by Gasteiger charge is -2.13. The van der Waals surface area contributed by atoms with E-state index in [1.807, 2.05) is 25.1 Å². The first-order valence-electron chi connectivity index (χ1n) is 5.17. The quantitative estimate of drug-likeness (QED) is 0.826. The van der Waals surface area contributed by atoms with Crippen LogP contribution in [0.15, 0.2) is 41.1 Å². The van der Waals surface area contributed by atoms with Crippen molar-refractivity contribution >= 4 is 0 Å². The molecule has 0 bridgehead atoms. The second-order valence-corrected chi connectivity index (χ2v) is 3.69. The van der Waals surface area contributed by atoms with Crippen LogP contribution in [0.1, 0.15) is 24.2 Å². The highest BCUT2D eigenvalue weighted by atomic mass is 16.5. The van der Waals surface area contributed by atoms with Crippen molar-refractivity contribution in [2.45, 2.75) is 19.5 Å². The van der Waals surface area contributed by atoms with E-state index in [1.165, 1.54) is 0 Å². The summed E-state index contributed by atoms with van der Waals surface area (Å²) in [7, 11) is 0. The van der Waals surface area contributed by atoms with Crippen LogP contribution in [0.5, 0.6) is 5.75 Å². The lowest BCUT2D eigenvalue weighted by Crippen LogP contribution is -2.18. The fourth-order valence-corrected chi connectivity index (χ4v) is 1.50. The Hall–Kier alpha value is -1.81. The topological polar surface area (TPSA) is 58.3 Å². The van der Waals surface area contributed by atoms with Gasteiger partial charge in [0.15, 0.2) is 0 Å². The Kier molecular flexibility index (Phi) is 3.22. The monoisotopic (exact) mass is 218 g/mol. The van der Waals surface area contributed by atoms with Crippen molar-refractivity contribution in [2.75, 3.05) is 0 Å². The first kappa shape index (κ1) is 10.7. The molecule has 0 spiro atoms. The summed E-state index contributed by atoms with van der Waals surface area (Å²) >= 11 is 0. The predicted molar refractivity (Wildman–Crippen MR) is 59.9 cm³/mol. The third-order valence-electron chi connectivity index (χ3n) is 2.45. The molecule has 4 nitrogen and oxygen atoms in total. The molecule has 0 aliphatic carbocycles. The summed E-state index contributed by atoms with van der Waals surface area (Å²) in [6.45, 7) is 2.68. The van der Waals surface area contributed by atoms with Crippen LogP contribution in [0, 0.1) is 0 Å². The van der Waals surface area contributed by atoms with E-state index in [-0.39, 0.29) is 11.8 Å². The number of phenols is 1. The Balaban J connectivity index is 1.95. The van der Waals surface area contributed by atoms with E-state index < -0.39 is 0 Å². The van der Waals surface area contributed by atoms with E-state index >= 15 is 0 Å². The average molecular weight is 218 g/mol. The molecule has 4 heteroatoms. The Morgan fingerprint density at radius 2 is 2.31 bits per heavy atom. The van der Waals surface area contributed by atoms with Gasteiger partial charge in [0.2, 0.25) is 0 Å². The van der Waals surface area contributed by atoms with E-state index in [0.29, 0.717) is 6.54 Å². The van der Waals surface area contributed by atoms with Crippen LogP contribution < -0.4 is 5.32 Å². The van der Waals surface area contributed by atoms with Crippen molar-refractivity contribution in [1.29, 1.82) is 0 Å². The van der Waals surface area contributed by atoms with Gasteiger partial charge in [0, 0.05) is 18.7 Å². The number of hydrogen-bond donors (Lipinski definition) is 2. The molecular formula is C12H14N2O2. The minimum absolute atomic E-state index is 0.156.